The quantitative estimate of drug-likeness (QED) is 0.713. The lowest BCUT2D eigenvalue weighted by Crippen LogP contribution is -2.40. The van der Waals surface area contributed by atoms with Gasteiger partial charge in [-0.3, -0.25) is 9.59 Å². The standard InChI is InChI=1S/C17H26N2O3/c1-4-5-8-11-19(14(2)20)13-17(21)18-12-15-9-6-7-10-16(15)22-3/h6-7,9-10H,4-5,8,11-13H2,1-3H3,(H,18,21). The Balaban J connectivity index is 2.48. The Morgan fingerprint density at radius 3 is 2.59 bits per heavy atom. The summed E-state index contributed by atoms with van der Waals surface area (Å²) >= 11 is 0. The summed E-state index contributed by atoms with van der Waals surface area (Å²) in [5.74, 6) is 0.523. The number of methoxy groups -OCH3 is 1. The second-order valence-electron chi connectivity index (χ2n) is 5.24. The first-order valence-corrected chi connectivity index (χ1v) is 7.72. The minimum atomic E-state index is -0.155. The molecule has 0 aliphatic heterocycles. The zero-order valence-electron chi connectivity index (χ0n) is 13.7. The SMILES string of the molecule is CCCCCN(CC(=O)NCc1ccccc1OC)C(C)=O. The Morgan fingerprint density at radius 2 is 1.95 bits per heavy atom. The van der Waals surface area contributed by atoms with Crippen molar-refractivity contribution in [3.8, 4) is 5.75 Å². The molecule has 1 N–H and O–H groups in total. The highest BCUT2D eigenvalue weighted by atomic mass is 16.5. The number of rotatable bonds is 9. The predicted octanol–water partition coefficient (Wildman–Crippen LogP) is 2.35. The number of amides is 2. The zero-order valence-corrected chi connectivity index (χ0v) is 13.7. The number of nitrogens with zero attached hydrogens (tertiary/aromatic N) is 1. The second kappa shape index (κ2) is 9.82. The van der Waals surface area contributed by atoms with E-state index >= 15 is 0 Å². The van der Waals surface area contributed by atoms with Crippen molar-refractivity contribution < 1.29 is 14.3 Å². The van der Waals surface area contributed by atoms with Crippen molar-refractivity contribution in [1.29, 1.82) is 0 Å². The van der Waals surface area contributed by atoms with Crippen molar-refractivity contribution in [3.63, 3.8) is 0 Å². The fraction of sp³-hybridized carbons (Fsp3) is 0.529. The van der Waals surface area contributed by atoms with E-state index in [0.29, 0.717) is 13.1 Å². The normalized spacial score (nSPS) is 10.1. The Kier molecular flexibility index (Phi) is 8.04. The smallest absolute Gasteiger partial charge is 0.239 e. The highest BCUT2D eigenvalue weighted by molar-refractivity contribution is 5.83. The van der Waals surface area contributed by atoms with Crippen LogP contribution < -0.4 is 10.1 Å². The van der Waals surface area contributed by atoms with Crippen LogP contribution in [0.1, 0.15) is 38.7 Å². The molecule has 0 bridgehead atoms. The molecule has 0 saturated heterocycles. The van der Waals surface area contributed by atoms with Crippen molar-refractivity contribution in [2.45, 2.75) is 39.7 Å². The third kappa shape index (κ3) is 6.16. The molecule has 0 fully saturated rings. The molecule has 0 radical (unpaired) electrons. The number of benzene rings is 1. The summed E-state index contributed by atoms with van der Waals surface area (Å²) < 4.78 is 5.25. The van der Waals surface area contributed by atoms with Crippen LogP contribution in [0.2, 0.25) is 0 Å². The maximum Gasteiger partial charge on any atom is 0.239 e. The van der Waals surface area contributed by atoms with Gasteiger partial charge in [0.1, 0.15) is 5.75 Å². The van der Waals surface area contributed by atoms with E-state index in [0.717, 1.165) is 30.6 Å². The van der Waals surface area contributed by atoms with Crippen molar-refractivity contribution in [2.24, 2.45) is 0 Å². The summed E-state index contributed by atoms with van der Waals surface area (Å²) in [6, 6.07) is 7.54. The minimum absolute atomic E-state index is 0.0662. The first kappa shape index (κ1) is 18.0. The van der Waals surface area contributed by atoms with Gasteiger partial charge >= 0.3 is 0 Å². The van der Waals surface area contributed by atoms with Gasteiger partial charge in [0.05, 0.1) is 13.7 Å². The van der Waals surface area contributed by atoms with Gasteiger partial charge in [0.25, 0.3) is 0 Å². The Bertz CT molecular complexity index is 489. The molecule has 0 aliphatic carbocycles. The summed E-state index contributed by atoms with van der Waals surface area (Å²) in [5, 5.41) is 2.84. The largest absolute Gasteiger partial charge is 0.496 e. The number of nitrogens with one attached hydrogen (secondary N) is 1. The van der Waals surface area contributed by atoms with E-state index in [1.165, 1.54) is 6.92 Å². The maximum absolute atomic E-state index is 12.0. The first-order valence-electron chi connectivity index (χ1n) is 7.72. The van der Waals surface area contributed by atoms with Crippen molar-refractivity contribution in [3.05, 3.63) is 29.8 Å². The fourth-order valence-corrected chi connectivity index (χ4v) is 2.17. The van der Waals surface area contributed by atoms with Crippen LogP contribution in [0, 0.1) is 0 Å². The average molecular weight is 306 g/mol. The van der Waals surface area contributed by atoms with E-state index in [1.807, 2.05) is 24.3 Å². The van der Waals surface area contributed by atoms with Gasteiger partial charge < -0.3 is 15.0 Å². The van der Waals surface area contributed by atoms with E-state index in [2.05, 4.69) is 12.2 Å². The van der Waals surface area contributed by atoms with Crippen molar-refractivity contribution in [1.82, 2.24) is 10.2 Å². The fourth-order valence-electron chi connectivity index (χ4n) is 2.17. The number of ether oxygens (including phenoxy) is 1. The van der Waals surface area contributed by atoms with Crippen LogP contribution in [-0.2, 0) is 16.1 Å². The number of para-hydroxylation sites is 1. The van der Waals surface area contributed by atoms with Gasteiger partial charge in [-0.15, -0.1) is 0 Å². The first-order chi connectivity index (χ1) is 10.6. The zero-order chi connectivity index (χ0) is 16.4. The number of carbonyl (C=O) groups excluding carboxylic acids is 2. The third-order valence-corrected chi connectivity index (χ3v) is 3.48. The summed E-state index contributed by atoms with van der Waals surface area (Å²) in [5.41, 5.74) is 0.915. The van der Waals surface area contributed by atoms with Crippen molar-refractivity contribution in [2.75, 3.05) is 20.2 Å². The molecule has 5 nitrogen and oxygen atoms in total. The number of unbranched alkanes of at least 4 members (excludes halogenated alkanes) is 2. The molecule has 0 saturated carbocycles. The van der Waals surface area contributed by atoms with Crippen LogP contribution in [0.15, 0.2) is 24.3 Å². The number of carbonyl (C=O) groups is 2. The third-order valence-electron chi connectivity index (χ3n) is 3.48. The van der Waals surface area contributed by atoms with Crippen molar-refractivity contribution >= 4 is 11.8 Å². The van der Waals surface area contributed by atoms with E-state index in [9.17, 15) is 9.59 Å². The summed E-state index contributed by atoms with van der Waals surface area (Å²) in [6.45, 7) is 4.74. The minimum Gasteiger partial charge on any atom is -0.496 e. The Morgan fingerprint density at radius 1 is 1.23 bits per heavy atom. The summed E-state index contributed by atoms with van der Waals surface area (Å²) in [4.78, 5) is 25.2. The van der Waals surface area contributed by atoms with E-state index in [4.69, 9.17) is 4.74 Å². The molecule has 0 atom stereocenters. The van der Waals surface area contributed by atoms with Crippen LogP contribution in [0.3, 0.4) is 0 Å². The lowest BCUT2D eigenvalue weighted by Gasteiger charge is -2.20. The molecular weight excluding hydrogens is 280 g/mol. The second-order valence-corrected chi connectivity index (χ2v) is 5.24. The van der Waals surface area contributed by atoms with Gasteiger partial charge in [-0.05, 0) is 12.5 Å². The maximum atomic E-state index is 12.0. The molecule has 0 unspecified atom stereocenters. The van der Waals surface area contributed by atoms with Gasteiger partial charge in [-0.2, -0.15) is 0 Å². The van der Waals surface area contributed by atoms with Gasteiger partial charge in [-0.25, -0.2) is 0 Å². The molecule has 0 spiro atoms. The average Bonchev–Trinajstić information content (AvgIpc) is 2.52. The van der Waals surface area contributed by atoms with Gasteiger partial charge in [0, 0.05) is 25.6 Å². The van der Waals surface area contributed by atoms with Gasteiger partial charge in [0.2, 0.25) is 11.8 Å². The van der Waals surface area contributed by atoms with E-state index in [-0.39, 0.29) is 18.4 Å². The Labute approximate surface area is 132 Å². The Hall–Kier alpha value is -2.04. The van der Waals surface area contributed by atoms with Gasteiger partial charge in [0.15, 0.2) is 0 Å². The molecule has 1 rings (SSSR count). The highest BCUT2D eigenvalue weighted by Crippen LogP contribution is 2.16. The molecule has 122 valence electrons. The van der Waals surface area contributed by atoms with Crippen LogP contribution in [0.25, 0.3) is 0 Å². The predicted molar refractivity (Wildman–Crippen MR) is 86.6 cm³/mol. The van der Waals surface area contributed by atoms with Crippen LogP contribution in [-0.4, -0.2) is 36.9 Å². The lowest BCUT2D eigenvalue weighted by molar-refractivity contribution is -0.134. The van der Waals surface area contributed by atoms with Crippen LogP contribution >= 0.6 is 0 Å². The summed E-state index contributed by atoms with van der Waals surface area (Å²) in [7, 11) is 1.60. The molecule has 0 aromatic heterocycles. The monoisotopic (exact) mass is 306 g/mol. The molecule has 0 aliphatic rings. The van der Waals surface area contributed by atoms with Gasteiger partial charge in [-0.1, -0.05) is 38.0 Å². The lowest BCUT2D eigenvalue weighted by atomic mass is 10.2. The van der Waals surface area contributed by atoms with Crippen LogP contribution in [0.5, 0.6) is 5.75 Å². The summed E-state index contributed by atoms with van der Waals surface area (Å²) in [6.07, 6.45) is 3.08. The van der Waals surface area contributed by atoms with E-state index in [1.54, 1.807) is 12.0 Å². The molecular formula is C17H26N2O3. The number of hydrogen-bond acceptors (Lipinski definition) is 3. The molecule has 1 aromatic carbocycles. The molecule has 1 aromatic rings. The molecule has 2 amide bonds. The van der Waals surface area contributed by atoms with Crippen LogP contribution in [0.4, 0.5) is 0 Å². The molecule has 0 heterocycles. The molecule has 5 heteroatoms. The molecule has 22 heavy (non-hydrogen) atoms. The highest BCUT2D eigenvalue weighted by Gasteiger charge is 2.13. The number of hydrogen-bond donors (Lipinski definition) is 1. The van der Waals surface area contributed by atoms with E-state index < -0.39 is 0 Å². The topological polar surface area (TPSA) is 58.6 Å².